The fourth-order valence-corrected chi connectivity index (χ4v) is 4.66. The molecule has 5 atom stereocenters. The van der Waals surface area contributed by atoms with Gasteiger partial charge < -0.3 is 54.7 Å². The summed E-state index contributed by atoms with van der Waals surface area (Å²) in [5.74, 6) is -3.66. The number of benzene rings is 3. The topological polar surface area (TPSA) is 228 Å². The van der Waals surface area contributed by atoms with Gasteiger partial charge in [-0.3, -0.25) is 4.79 Å². The van der Waals surface area contributed by atoms with Crippen LogP contribution >= 0.6 is 0 Å². The molecule has 1 aliphatic rings. The van der Waals surface area contributed by atoms with Crippen LogP contribution in [0.15, 0.2) is 63.8 Å². The minimum Gasteiger partial charge on any atom is -0.508 e. The predicted octanol–water partition coefficient (Wildman–Crippen LogP) is 1.37. The summed E-state index contributed by atoms with van der Waals surface area (Å²) in [5, 5.41) is 81.4. The summed E-state index contributed by atoms with van der Waals surface area (Å²) in [5.41, 5.74) is -1.54. The van der Waals surface area contributed by atoms with Crippen LogP contribution in [-0.2, 0) is 9.47 Å². The molecule has 0 bridgehead atoms. The van der Waals surface area contributed by atoms with Crippen LogP contribution in [0, 0.1) is 0 Å². The summed E-state index contributed by atoms with van der Waals surface area (Å²) < 4.78 is 17.1. The molecule has 4 aromatic rings. The van der Waals surface area contributed by atoms with Gasteiger partial charge in [-0.25, -0.2) is 4.79 Å². The van der Waals surface area contributed by atoms with E-state index in [0.29, 0.717) is 0 Å². The molecule has 0 spiro atoms. The van der Waals surface area contributed by atoms with Gasteiger partial charge in [0.15, 0.2) is 28.6 Å². The van der Waals surface area contributed by atoms with Crippen LogP contribution in [-0.4, -0.2) is 77.8 Å². The average Bonchev–Trinajstić information content (AvgIpc) is 2.93. The first-order chi connectivity index (χ1) is 19.5. The fraction of sp³-hybridized carbons (Fsp3) is 0.214. The number of carbonyl (C=O) groups excluding carboxylic acids is 1. The maximum absolute atomic E-state index is 13.1. The number of aliphatic hydroxyl groups is 3. The van der Waals surface area contributed by atoms with Gasteiger partial charge in [0, 0.05) is 17.7 Å². The van der Waals surface area contributed by atoms with Crippen molar-refractivity contribution in [1.29, 1.82) is 0 Å². The number of aromatic hydroxyl groups is 5. The zero-order chi connectivity index (χ0) is 29.6. The van der Waals surface area contributed by atoms with Gasteiger partial charge in [-0.2, -0.15) is 0 Å². The van der Waals surface area contributed by atoms with Crippen molar-refractivity contribution >= 4 is 16.9 Å². The van der Waals surface area contributed by atoms with Crippen molar-refractivity contribution in [2.75, 3.05) is 6.61 Å². The van der Waals surface area contributed by atoms with Crippen LogP contribution in [0.4, 0.5) is 0 Å². The summed E-state index contributed by atoms with van der Waals surface area (Å²) in [4.78, 5) is 26.0. The first-order valence-electron chi connectivity index (χ1n) is 12.2. The number of phenolic OH excluding ortho intramolecular Hbond substituents is 5. The number of ether oxygens (including phenoxy) is 2. The lowest BCUT2D eigenvalue weighted by Crippen LogP contribution is -2.56. The number of hydrogen-bond donors (Lipinski definition) is 8. The molecule has 5 rings (SSSR count). The lowest BCUT2D eigenvalue weighted by atomic mass is 9.89. The molecule has 13 nitrogen and oxygen atoms in total. The molecule has 1 saturated heterocycles. The van der Waals surface area contributed by atoms with Crippen LogP contribution in [0.3, 0.4) is 0 Å². The summed E-state index contributed by atoms with van der Waals surface area (Å²) in [6.45, 7) is -0.799. The van der Waals surface area contributed by atoms with E-state index in [0.717, 1.165) is 24.3 Å². The SMILES string of the molecule is O=C(OC1[C@@H](O)C(O)C(CO)O[C@H]1c1c(O)cc(O)c2c(=O)cc(-c3ccc(O)c(O)c3)oc12)c1ccc(O)cc1. The summed E-state index contributed by atoms with van der Waals surface area (Å²) in [7, 11) is 0. The Kier molecular flexibility index (Phi) is 7.19. The maximum atomic E-state index is 13.1. The van der Waals surface area contributed by atoms with Gasteiger partial charge in [0.1, 0.15) is 52.8 Å². The normalized spacial score (nSPS) is 22.5. The molecule has 0 radical (unpaired) electrons. The van der Waals surface area contributed by atoms with Gasteiger partial charge >= 0.3 is 5.97 Å². The van der Waals surface area contributed by atoms with Crippen molar-refractivity contribution in [2.45, 2.75) is 30.5 Å². The quantitative estimate of drug-likeness (QED) is 0.126. The Hall–Kier alpha value is -4.82. The van der Waals surface area contributed by atoms with E-state index in [1.54, 1.807) is 0 Å². The number of hydrogen-bond acceptors (Lipinski definition) is 13. The Morgan fingerprint density at radius 3 is 2.20 bits per heavy atom. The zero-order valence-electron chi connectivity index (χ0n) is 20.9. The molecule has 1 fully saturated rings. The highest BCUT2D eigenvalue weighted by Crippen LogP contribution is 2.45. The molecule has 3 unspecified atom stereocenters. The van der Waals surface area contributed by atoms with Gasteiger partial charge in [-0.15, -0.1) is 0 Å². The lowest BCUT2D eigenvalue weighted by Gasteiger charge is -2.42. The van der Waals surface area contributed by atoms with E-state index in [4.69, 9.17) is 13.9 Å². The molecular weight excluding hydrogens is 544 g/mol. The van der Waals surface area contributed by atoms with Gasteiger partial charge in [0.2, 0.25) is 0 Å². The van der Waals surface area contributed by atoms with Crippen LogP contribution in [0.2, 0.25) is 0 Å². The second kappa shape index (κ2) is 10.6. The Bertz CT molecular complexity index is 1680. The Labute approximate surface area is 229 Å². The van der Waals surface area contributed by atoms with E-state index in [-0.39, 0.29) is 28.2 Å². The highest BCUT2D eigenvalue weighted by atomic mass is 16.6. The largest absolute Gasteiger partial charge is 0.508 e. The zero-order valence-corrected chi connectivity index (χ0v) is 20.9. The summed E-state index contributed by atoms with van der Waals surface area (Å²) in [6, 6.07) is 10.3. The smallest absolute Gasteiger partial charge is 0.338 e. The molecule has 3 aromatic carbocycles. The molecule has 0 amide bonds. The number of esters is 1. The van der Waals surface area contributed by atoms with E-state index in [1.807, 2.05) is 0 Å². The monoisotopic (exact) mass is 568 g/mol. The third-order valence-electron chi connectivity index (χ3n) is 6.76. The van der Waals surface area contributed by atoms with Crippen molar-refractivity contribution in [2.24, 2.45) is 0 Å². The van der Waals surface area contributed by atoms with Crippen LogP contribution < -0.4 is 5.43 Å². The first kappa shape index (κ1) is 27.7. The van der Waals surface area contributed by atoms with Gasteiger partial charge in [0.05, 0.1) is 17.7 Å². The van der Waals surface area contributed by atoms with Crippen LogP contribution in [0.25, 0.3) is 22.3 Å². The molecule has 0 aliphatic carbocycles. The highest BCUT2D eigenvalue weighted by molar-refractivity contribution is 5.91. The third-order valence-corrected chi connectivity index (χ3v) is 6.76. The van der Waals surface area contributed by atoms with E-state index in [2.05, 4.69) is 0 Å². The van der Waals surface area contributed by atoms with E-state index in [1.165, 1.54) is 30.3 Å². The third kappa shape index (κ3) is 4.98. The highest BCUT2D eigenvalue weighted by Gasteiger charge is 2.49. The van der Waals surface area contributed by atoms with Gasteiger partial charge in [0.25, 0.3) is 0 Å². The Morgan fingerprint density at radius 1 is 0.829 bits per heavy atom. The van der Waals surface area contributed by atoms with Crippen molar-refractivity contribution in [3.8, 4) is 40.1 Å². The van der Waals surface area contributed by atoms with Gasteiger partial charge in [-0.05, 0) is 42.5 Å². The lowest BCUT2D eigenvalue weighted by molar-refractivity contribution is -0.231. The van der Waals surface area contributed by atoms with Crippen molar-refractivity contribution in [1.82, 2.24) is 0 Å². The number of fused-ring (bicyclic) bond motifs is 1. The molecule has 41 heavy (non-hydrogen) atoms. The van der Waals surface area contributed by atoms with Crippen LogP contribution in [0.5, 0.6) is 28.7 Å². The van der Waals surface area contributed by atoms with Crippen LogP contribution in [0.1, 0.15) is 22.0 Å². The molecule has 2 heterocycles. The molecule has 214 valence electrons. The van der Waals surface area contributed by atoms with E-state index < -0.39 is 82.5 Å². The minimum atomic E-state index is -1.88. The molecule has 0 saturated carbocycles. The van der Waals surface area contributed by atoms with Crippen molar-refractivity contribution in [3.63, 3.8) is 0 Å². The maximum Gasteiger partial charge on any atom is 0.338 e. The number of rotatable bonds is 5. The molecule has 1 aromatic heterocycles. The second-order valence-corrected chi connectivity index (χ2v) is 9.39. The second-order valence-electron chi connectivity index (χ2n) is 9.39. The standard InChI is InChI=1S/C28H24O13/c29-10-20-23(36)24(37)27(41-28(38)11-1-4-13(30)5-2-11)26(40-20)22-17(34)8-16(33)21-18(35)9-19(39-25(21)22)12-3-6-14(31)15(32)7-12/h1-9,20,23-24,26-27,29-34,36-37H,10H2/t20?,23?,24-,26-,27?/m0/s1. The molecular formula is C28H24O13. The van der Waals surface area contributed by atoms with Gasteiger partial charge in [-0.1, -0.05) is 0 Å². The molecule has 13 heteroatoms. The summed E-state index contributed by atoms with van der Waals surface area (Å²) >= 11 is 0. The van der Waals surface area contributed by atoms with Crippen molar-refractivity contribution < 1.29 is 59.5 Å². The first-order valence-corrected chi connectivity index (χ1v) is 12.2. The minimum absolute atomic E-state index is 0.0479. The number of carbonyl (C=O) groups is 1. The number of phenols is 5. The summed E-state index contributed by atoms with van der Waals surface area (Å²) in [6.07, 6.45) is -8.48. The Morgan fingerprint density at radius 2 is 1.54 bits per heavy atom. The van der Waals surface area contributed by atoms with E-state index in [9.17, 15) is 50.4 Å². The Balaban J connectivity index is 1.69. The van der Waals surface area contributed by atoms with E-state index >= 15 is 0 Å². The molecule has 8 N–H and O–H groups in total. The number of aliphatic hydroxyl groups excluding tert-OH is 3. The fourth-order valence-electron chi connectivity index (χ4n) is 4.66. The predicted molar refractivity (Wildman–Crippen MR) is 139 cm³/mol. The average molecular weight is 568 g/mol. The molecule has 1 aliphatic heterocycles. The van der Waals surface area contributed by atoms with Crippen molar-refractivity contribution in [3.05, 3.63) is 75.9 Å².